The molecule has 5 nitrogen and oxygen atoms in total. The third-order valence-corrected chi connectivity index (χ3v) is 3.84. The van der Waals surface area contributed by atoms with E-state index in [0.29, 0.717) is 30.0 Å². The Morgan fingerprint density at radius 1 is 1.26 bits per heavy atom. The highest BCUT2D eigenvalue weighted by Crippen LogP contribution is 2.38. The highest BCUT2D eigenvalue weighted by molar-refractivity contribution is 6.00. The summed E-state index contributed by atoms with van der Waals surface area (Å²) in [6, 6.07) is 13.9. The molecule has 1 unspecified atom stereocenters. The molecule has 0 aromatic heterocycles. The van der Waals surface area contributed by atoms with E-state index in [1.54, 1.807) is 29.2 Å². The van der Waals surface area contributed by atoms with E-state index in [1.165, 1.54) is 6.07 Å². The Balaban J connectivity index is 1.96. The van der Waals surface area contributed by atoms with Crippen molar-refractivity contribution in [2.24, 2.45) is 0 Å². The van der Waals surface area contributed by atoms with E-state index >= 15 is 0 Å². The summed E-state index contributed by atoms with van der Waals surface area (Å²) in [4.78, 5) is 14.2. The van der Waals surface area contributed by atoms with Crippen LogP contribution in [0.4, 0.5) is 5.69 Å². The molecule has 0 bridgehead atoms. The summed E-state index contributed by atoms with van der Waals surface area (Å²) in [7, 11) is 0. The zero-order valence-corrected chi connectivity index (χ0v) is 12.7. The molecule has 0 spiro atoms. The molecule has 1 heterocycles. The molecule has 1 N–H and O–H groups in total. The van der Waals surface area contributed by atoms with Gasteiger partial charge in [-0.25, -0.2) is 0 Å². The second-order valence-corrected chi connectivity index (χ2v) is 5.40. The lowest BCUT2D eigenvalue weighted by Gasteiger charge is -2.34. The normalized spacial score (nSPS) is 16.4. The summed E-state index contributed by atoms with van der Waals surface area (Å²) in [5.74, 6) is 0.540. The van der Waals surface area contributed by atoms with Crippen LogP contribution in [0.3, 0.4) is 0 Å². The third kappa shape index (κ3) is 2.84. The Labute approximate surface area is 134 Å². The van der Waals surface area contributed by atoms with Gasteiger partial charge in [0.05, 0.1) is 23.9 Å². The quantitative estimate of drug-likeness (QED) is 0.946. The smallest absolute Gasteiger partial charge is 0.268 e. The number of rotatable bonds is 3. The number of benzene rings is 2. The van der Waals surface area contributed by atoms with Crippen molar-refractivity contribution in [1.82, 2.24) is 0 Å². The van der Waals surface area contributed by atoms with Crippen molar-refractivity contribution in [3.63, 3.8) is 0 Å². The number of carbonyl (C=O) groups excluding carboxylic acids is 1. The van der Waals surface area contributed by atoms with Gasteiger partial charge in [-0.2, -0.15) is 5.26 Å². The average Bonchev–Trinajstić information content (AvgIpc) is 2.58. The van der Waals surface area contributed by atoms with Gasteiger partial charge in [0.1, 0.15) is 11.5 Å². The zero-order chi connectivity index (χ0) is 16.4. The number of anilines is 1. The van der Waals surface area contributed by atoms with Gasteiger partial charge in [0.25, 0.3) is 5.91 Å². The van der Waals surface area contributed by atoms with E-state index in [-0.39, 0.29) is 11.7 Å². The number of fused-ring (bicyclic) bond motifs is 1. The molecule has 116 valence electrons. The van der Waals surface area contributed by atoms with Crippen LogP contribution in [-0.4, -0.2) is 17.1 Å². The first-order valence-electron chi connectivity index (χ1n) is 7.42. The number of amides is 1. The fourth-order valence-electron chi connectivity index (χ4n) is 2.60. The van der Waals surface area contributed by atoms with Crippen LogP contribution in [0.15, 0.2) is 42.5 Å². The van der Waals surface area contributed by atoms with Crippen molar-refractivity contribution in [3.8, 4) is 17.6 Å². The zero-order valence-electron chi connectivity index (χ0n) is 12.7. The largest absolute Gasteiger partial charge is 0.508 e. The van der Waals surface area contributed by atoms with E-state index < -0.39 is 6.10 Å². The number of carbonyl (C=O) groups is 1. The molecule has 0 saturated carbocycles. The van der Waals surface area contributed by atoms with Gasteiger partial charge in [-0.15, -0.1) is 0 Å². The number of ether oxygens (including phenoxy) is 1. The van der Waals surface area contributed by atoms with Crippen LogP contribution in [0.5, 0.6) is 11.5 Å². The molecule has 0 radical (unpaired) electrons. The molecule has 1 aliphatic rings. The van der Waals surface area contributed by atoms with Gasteiger partial charge >= 0.3 is 0 Å². The molecule has 1 aliphatic heterocycles. The molecular weight excluding hydrogens is 292 g/mol. The van der Waals surface area contributed by atoms with Gasteiger partial charge in [-0.05, 0) is 36.2 Å². The van der Waals surface area contributed by atoms with Crippen molar-refractivity contribution in [3.05, 3.63) is 53.6 Å². The van der Waals surface area contributed by atoms with Crippen LogP contribution in [0.1, 0.15) is 24.5 Å². The summed E-state index contributed by atoms with van der Waals surface area (Å²) in [5, 5.41) is 18.6. The molecule has 2 aromatic rings. The van der Waals surface area contributed by atoms with Crippen LogP contribution in [0, 0.1) is 11.3 Å². The summed E-state index contributed by atoms with van der Waals surface area (Å²) in [5.41, 5.74) is 2.04. The van der Waals surface area contributed by atoms with Crippen molar-refractivity contribution in [1.29, 1.82) is 5.26 Å². The first-order valence-corrected chi connectivity index (χ1v) is 7.42. The van der Waals surface area contributed by atoms with Gasteiger partial charge in [0.2, 0.25) is 0 Å². The Morgan fingerprint density at radius 2 is 2.00 bits per heavy atom. The highest BCUT2D eigenvalue weighted by Gasteiger charge is 2.33. The third-order valence-electron chi connectivity index (χ3n) is 3.84. The Kier molecular flexibility index (Phi) is 3.90. The minimum Gasteiger partial charge on any atom is -0.508 e. The summed E-state index contributed by atoms with van der Waals surface area (Å²) in [6.45, 7) is 2.26. The van der Waals surface area contributed by atoms with Crippen molar-refractivity contribution >= 4 is 11.6 Å². The number of phenolic OH excluding ortho intramolecular Hbond substituents is 1. The molecular formula is C18H16N2O3. The average molecular weight is 308 g/mol. The van der Waals surface area contributed by atoms with E-state index in [0.717, 1.165) is 5.56 Å². The predicted octanol–water partition coefficient (Wildman–Crippen LogP) is 2.97. The second-order valence-electron chi connectivity index (χ2n) is 5.40. The highest BCUT2D eigenvalue weighted by atomic mass is 16.5. The molecule has 0 aliphatic carbocycles. The predicted molar refractivity (Wildman–Crippen MR) is 85.2 cm³/mol. The minimum atomic E-state index is -0.523. The number of nitriles is 1. The molecule has 0 saturated heterocycles. The molecule has 5 heteroatoms. The monoisotopic (exact) mass is 308 g/mol. The Bertz CT molecular complexity index is 778. The van der Waals surface area contributed by atoms with Crippen LogP contribution in [-0.2, 0) is 11.3 Å². The molecule has 3 rings (SSSR count). The van der Waals surface area contributed by atoms with Crippen LogP contribution in [0.2, 0.25) is 0 Å². The number of hydrogen-bond acceptors (Lipinski definition) is 4. The first-order chi connectivity index (χ1) is 11.1. The number of nitrogens with zero attached hydrogens (tertiary/aromatic N) is 2. The SMILES string of the molecule is CCC1Oc2ccc(O)cc2N(Cc2ccc(C#N)cc2)C1=O. The van der Waals surface area contributed by atoms with Crippen molar-refractivity contribution < 1.29 is 14.6 Å². The Hall–Kier alpha value is -3.00. The van der Waals surface area contributed by atoms with Crippen molar-refractivity contribution in [2.75, 3.05) is 4.90 Å². The van der Waals surface area contributed by atoms with Gasteiger partial charge in [0.15, 0.2) is 6.10 Å². The lowest BCUT2D eigenvalue weighted by atomic mass is 10.1. The first kappa shape index (κ1) is 14.9. The fourth-order valence-corrected chi connectivity index (χ4v) is 2.60. The van der Waals surface area contributed by atoms with Crippen LogP contribution in [0.25, 0.3) is 0 Å². The number of aromatic hydroxyl groups is 1. The molecule has 1 amide bonds. The topological polar surface area (TPSA) is 73.6 Å². The summed E-state index contributed by atoms with van der Waals surface area (Å²) in [6.07, 6.45) is 0.0497. The molecule has 23 heavy (non-hydrogen) atoms. The Morgan fingerprint density at radius 3 is 2.65 bits per heavy atom. The number of phenols is 1. The lowest BCUT2D eigenvalue weighted by Crippen LogP contribution is -2.45. The summed E-state index contributed by atoms with van der Waals surface area (Å²) >= 11 is 0. The number of hydrogen-bond donors (Lipinski definition) is 1. The molecule has 2 aromatic carbocycles. The maximum absolute atomic E-state index is 12.6. The van der Waals surface area contributed by atoms with Crippen LogP contribution < -0.4 is 9.64 Å². The van der Waals surface area contributed by atoms with E-state index in [1.807, 2.05) is 19.1 Å². The van der Waals surface area contributed by atoms with Crippen LogP contribution >= 0.6 is 0 Å². The molecule has 1 atom stereocenters. The van der Waals surface area contributed by atoms with Gasteiger partial charge in [-0.1, -0.05) is 19.1 Å². The maximum Gasteiger partial charge on any atom is 0.268 e. The van der Waals surface area contributed by atoms with Gasteiger partial charge < -0.3 is 14.7 Å². The molecule has 0 fully saturated rings. The maximum atomic E-state index is 12.6. The van der Waals surface area contributed by atoms with E-state index in [9.17, 15) is 9.90 Å². The summed E-state index contributed by atoms with van der Waals surface area (Å²) < 4.78 is 5.71. The van der Waals surface area contributed by atoms with E-state index in [2.05, 4.69) is 6.07 Å². The van der Waals surface area contributed by atoms with Gasteiger partial charge in [-0.3, -0.25) is 4.79 Å². The van der Waals surface area contributed by atoms with Crippen molar-refractivity contribution in [2.45, 2.75) is 26.0 Å². The minimum absolute atomic E-state index is 0.0833. The lowest BCUT2D eigenvalue weighted by molar-refractivity contribution is -0.126. The van der Waals surface area contributed by atoms with Gasteiger partial charge in [0, 0.05) is 6.07 Å². The van der Waals surface area contributed by atoms with E-state index in [4.69, 9.17) is 10.00 Å². The standard InChI is InChI=1S/C18H16N2O3/c1-2-16-18(22)20(11-13-5-3-12(10-19)4-6-13)15-9-14(21)7-8-17(15)23-16/h3-9,16,21H,2,11H2,1H3. The fraction of sp³-hybridized carbons (Fsp3) is 0.222. The second kappa shape index (κ2) is 6.01.